The first kappa shape index (κ1) is 10.4. The molecule has 0 aliphatic rings. The van der Waals surface area contributed by atoms with Crippen molar-refractivity contribution in [2.24, 2.45) is 0 Å². The molecule has 0 unspecified atom stereocenters. The van der Waals surface area contributed by atoms with E-state index in [0.717, 1.165) is 0 Å². The van der Waals surface area contributed by atoms with Crippen molar-refractivity contribution < 1.29 is 40.8 Å². The maximum Gasteiger partial charge on any atom is 1.00 e. The fraction of sp³-hybridized carbons (Fsp3) is 1.00. The molecule has 0 rings (SSSR count). The zero-order chi connectivity index (χ0) is 4.28. The Kier molecular flexibility index (Phi) is 11.0. The van der Waals surface area contributed by atoms with Crippen LogP contribution in [0.15, 0.2) is 0 Å². The predicted molar refractivity (Wildman–Crippen MR) is 23.0 cm³/mol. The largest absolute Gasteiger partial charge is 1.00 e. The molecule has 0 aliphatic carbocycles. The van der Waals surface area contributed by atoms with Gasteiger partial charge in [-0.3, -0.25) is 0 Å². The third kappa shape index (κ3) is 9.02. The van der Waals surface area contributed by atoms with Gasteiger partial charge in [-0.15, -0.1) is 0 Å². The summed E-state index contributed by atoms with van der Waals surface area (Å²) < 4.78 is 0. The van der Waals surface area contributed by atoms with Gasteiger partial charge >= 0.3 is 29.6 Å². The third-order valence-electron chi connectivity index (χ3n) is 0.283. The van der Waals surface area contributed by atoms with Crippen LogP contribution in [0.1, 0.15) is 8.35 Å². The molecular weight excluding hydrogens is 110 g/mol. The van der Waals surface area contributed by atoms with Crippen molar-refractivity contribution >= 4 is 8.38 Å². The molecule has 0 radical (unpaired) electrons. The predicted octanol–water partition coefficient (Wildman–Crippen LogP) is -2.58. The van der Waals surface area contributed by atoms with E-state index in [-0.39, 0.29) is 31.0 Å². The van der Waals surface area contributed by atoms with E-state index in [0.29, 0.717) is 6.16 Å². The molecule has 4 heteroatoms. The Balaban J connectivity index is -0.0000000800. The van der Waals surface area contributed by atoms with Crippen molar-refractivity contribution in [3.63, 3.8) is 0 Å². The zero-order valence-corrected chi connectivity index (χ0v) is 6.94. The second kappa shape index (κ2) is 6.35. The van der Waals surface area contributed by atoms with Crippen LogP contribution in [0, 0.1) is 0 Å². The molecule has 0 bridgehead atoms. The van der Waals surface area contributed by atoms with Crippen LogP contribution in [-0.2, 0) is 0 Å². The molecule has 0 aliphatic heterocycles. The van der Waals surface area contributed by atoms with Crippen LogP contribution in [0.5, 0.6) is 0 Å². The topological polar surface area (TPSA) is 40.5 Å². The van der Waals surface area contributed by atoms with Gasteiger partial charge < -0.3 is 11.2 Å². The molecule has 6 heavy (non-hydrogen) atoms. The molecular formula is C2H8NaO2P. The first-order valence-corrected chi connectivity index (χ1v) is 2.86. The minimum Gasteiger partial charge on any atom is -1.00 e. The van der Waals surface area contributed by atoms with E-state index in [2.05, 4.69) is 0 Å². The second-order valence-corrected chi connectivity index (χ2v) is 2.07. The second-order valence-electron chi connectivity index (χ2n) is 0.689. The van der Waals surface area contributed by atoms with Gasteiger partial charge in [0.15, 0.2) is 8.38 Å². The number of hydrogen-bond acceptors (Lipinski definition) is 2. The first-order chi connectivity index (χ1) is 2.27. The maximum absolute atomic E-state index is 7.98. The summed E-state index contributed by atoms with van der Waals surface area (Å²) in [6.07, 6.45) is 0.481. The molecule has 2 nitrogen and oxygen atoms in total. The smallest absolute Gasteiger partial charge is 1.00 e. The average molecular weight is 118 g/mol. The summed E-state index contributed by atoms with van der Waals surface area (Å²) in [5, 5.41) is 0. The van der Waals surface area contributed by atoms with E-state index in [4.69, 9.17) is 9.79 Å². The molecule has 0 spiro atoms. The van der Waals surface area contributed by atoms with Gasteiger partial charge in [-0.1, -0.05) is 6.92 Å². The monoisotopic (exact) mass is 118 g/mol. The van der Waals surface area contributed by atoms with Crippen molar-refractivity contribution in [1.82, 2.24) is 0 Å². The van der Waals surface area contributed by atoms with Gasteiger partial charge in [0.2, 0.25) is 0 Å². The molecule has 0 amide bonds. The Morgan fingerprint density at radius 1 is 1.67 bits per heavy atom. The molecule has 34 valence electrons. The van der Waals surface area contributed by atoms with Crippen molar-refractivity contribution in [3.05, 3.63) is 0 Å². The van der Waals surface area contributed by atoms with Crippen molar-refractivity contribution in [2.75, 3.05) is 6.16 Å². The summed E-state index contributed by atoms with van der Waals surface area (Å²) in [5.41, 5.74) is 0. The quantitative estimate of drug-likeness (QED) is 0.293. The average Bonchev–Trinajstić information content (AvgIpc) is 1.38. The Morgan fingerprint density at radius 3 is 1.83 bits per heavy atom. The maximum atomic E-state index is 7.98. The molecule has 0 saturated heterocycles. The number of rotatable bonds is 1. The summed E-state index contributed by atoms with van der Waals surface area (Å²) in [6.45, 7) is 1.73. The van der Waals surface area contributed by atoms with Gasteiger partial charge in [-0.2, -0.15) is 0 Å². The number of hydrogen-bond donors (Lipinski definition) is 2. The minimum absolute atomic E-state index is 0. The van der Waals surface area contributed by atoms with Gasteiger partial charge in [0.25, 0.3) is 0 Å². The Hall–Kier alpha value is 1.35. The first-order valence-electron chi connectivity index (χ1n) is 1.42. The van der Waals surface area contributed by atoms with E-state index < -0.39 is 8.38 Å². The van der Waals surface area contributed by atoms with E-state index in [9.17, 15) is 0 Å². The van der Waals surface area contributed by atoms with Crippen molar-refractivity contribution in [3.8, 4) is 0 Å². The Morgan fingerprint density at radius 2 is 1.83 bits per heavy atom. The normalized spacial score (nSPS) is 8.00. The summed E-state index contributed by atoms with van der Waals surface area (Å²) >= 11 is 0. The van der Waals surface area contributed by atoms with Crippen molar-refractivity contribution in [2.45, 2.75) is 6.92 Å². The summed E-state index contributed by atoms with van der Waals surface area (Å²) in [5.74, 6) is 0. The molecule has 0 heterocycles. The van der Waals surface area contributed by atoms with Crippen LogP contribution >= 0.6 is 8.38 Å². The van der Waals surface area contributed by atoms with Gasteiger partial charge in [0.1, 0.15) is 0 Å². The van der Waals surface area contributed by atoms with Gasteiger partial charge in [0.05, 0.1) is 0 Å². The molecule has 0 saturated carbocycles. The van der Waals surface area contributed by atoms with Crippen LogP contribution < -0.4 is 29.6 Å². The van der Waals surface area contributed by atoms with E-state index >= 15 is 0 Å². The van der Waals surface area contributed by atoms with Crippen LogP contribution in [0.4, 0.5) is 0 Å². The molecule has 0 aromatic carbocycles. The van der Waals surface area contributed by atoms with Crippen molar-refractivity contribution in [1.29, 1.82) is 0 Å². The molecule has 0 atom stereocenters. The summed E-state index contributed by atoms with van der Waals surface area (Å²) in [7, 11) is -1.60. The fourth-order valence-corrected chi connectivity index (χ4v) is 0. The SMILES string of the molecule is CCP(O)O.[H-].[Na+]. The van der Waals surface area contributed by atoms with E-state index in [1.54, 1.807) is 6.92 Å². The third-order valence-corrected chi connectivity index (χ3v) is 0.849. The fourth-order valence-electron chi connectivity index (χ4n) is 0. The van der Waals surface area contributed by atoms with Gasteiger partial charge in [0, 0.05) is 6.16 Å². The van der Waals surface area contributed by atoms with Crippen LogP contribution in [0.3, 0.4) is 0 Å². The summed E-state index contributed by atoms with van der Waals surface area (Å²) in [6, 6.07) is 0. The van der Waals surface area contributed by atoms with Gasteiger partial charge in [-0.25, -0.2) is 0 Å². The minimum atomic E-state index is -1.60. The Labute approximate surface area is 62.3 Å². The molecule has 0 aromatic rings. The summed E-state index contributed by atoms with van der Waals surface area (Å²) in [4.78, 5) is 16.0. The molecule has 0 fully saturated rings. The molecule has 0 aromatic heterocycles. The Bertz CT molecular complexity index is 29.7. The van der Waals surface area contributed by atoms with Crippen LogP contribution in [0.2, 0.25) is 0 Å². The standard InChI is InChI=1S/C2H7O2P.Na.H/c1-2-5(3)4;;/h3-4H,2H2,1H3;;/q;+1;-1. The zero-order valence-electron chi connectivity index (χ0n) is 5.05. The van der Waals surface area contributed by atoms with Crippen LogP contribution in [0.25, 0.3) is 0 Å². The van der Waals surface area contributed by atoms with Gasteiger partial charge in [-0.05, 0) is 0 Å². The van der Waals surface area contributed by atoms with E-state index in [1.807, 2.05) is 0 Å². The van der Waals surface area contributed by atoms with Crippen LogP contribution in [-0.4, -0.2) is 15.9 Å². The molecule has 2 N–H and O–H groups in total. The van der Waals surface area contributed by atoms with E-state index in [1.165, 1.54) is 0 Å².